The van der Waals surface area contributed by atoms with Crippen molar-refractivity contribution in [3.63, 3.8) is 0 Å². The van der Waals surface area contributed by atoms with Gasteiger partial charge in [-0.3, -0.25) is 4.90 Å². The number of hydrogen-bond acceptors (Lipinski definition) is 3. The third kappa shape index (κ3) is 2.96. The topological polar surface area (TPSA) is 32.7 Å². The Morgan fingerprint density at radius 1 is 1.25 bits per heavy atom. The van der Waals surface area contributed by atoms with Gasteiger partial charge in [0, 0.05) is 19.2 Å². The summed E-state index contributed by atoms with van der Waals surface area (Å²) in [7, 11) is 0. The number of piperidine rings is 1. The molecule has 1 N–H and O–H groups in total. The van der Waals surface area contributed by atoms with Gasteiger partial charge in [0.05, 0.1) is 12.2 Å². The second kappa shape index (κ2) is 5.99. The molecule has 1 saturated heterocycles. The molecule has 2 aliphatic rings. The minimum Gasteiger partial charge on any atom is -0.391 e. The van der Waals surface area contributed by atoms with E-state index in [9.17, 15) is 5.11 Å². The highest BCUT2D eigenvalue weighted by atomic mass is 16.5. The predicted octanol–water partition coefficient (Wildman–Crippen LogP) is 1.79. The molecule has 1 aliphatic heterocycles. The molecular weight excluding hydrogens is 202 g/mol. The van der Waals surface area contributed by atoms with Crippen LogP contribution in [0, 0.1) is 0 Å². The van der Waals surface area contributed by atoms with Crippen molar-refractivity contribution in [1.29, 1.82) is 0 Å². The number of aliphatic hydroxyl groups is 1. The summed E-state index contributed by atoms with van der Waals surface area (Å²) in [5.74, 6) is 0. The van der Waals surface area contributed by atoms with Crippen LogP contribution in [0.5, 0.6) is 0 Å². The number of ether oxygens (including phenoxy) is 1. The Balaban J connectivity index is 1.81. The lowest BCUT2D eigenvalue weighted by Gasteiger charge is -2.37. The van der Waals surface area contributed by atoms with Gasteiger partial charge < -0.3 is 9.84 Å². The van der Waals surface area contributed by atoms with Crippen molar-refractivity contribution in [2.45, 2.75) is 63.7 Å². The standard InChI is InChI=1S/C13H25NO2/c1-2-9-16-11-5-4-8-14(10-11)12-6-3-7-13(12)15/h11-13,15H,2-10H2,1H3/t11?,12-,13-/m1/s1. The first kappa shape index (κ1) is 12.3. The maximum atomic E-state index is 9.92. The van der Waals surface area contributed by atoms with Gasteiger partial charge in [-0.2, -0.15) is 0 Å². The van der Waals surface area contributed by atoms with Gasteiger partial charge in [0.2, 0.25) is 0 Å². The van der Waals surface area contributed by atoms with Crippen LogP contribution in [-0.2, 0) is 4.74 Å². The molecule has 1 unspecified atom stereocenters. The molecule has 1 aliphatic carbocycles. The first-order chi connectivity index (χ1) is 7.81. The minimum atomic E-state index is -0.0927. The van der Waals surface area contributed by atoms with Crippen molar-refractivity contribution in [3.05, 3.63) is 0 Å². The fourth-order valence-corrected chi connectivity index (χ4v) is 3.03. The summed E-state index contributed by atoms with van der Waals surface area (Å²) in [6.45, 7) is 5.21. The van der Waals surface area contributed by atoms with Gasteiger partial charge in [0.15, 0.2) is 0 Å². The second-order valence-corrected chi connectivity index (χ2v) is 5.20. The van der Waals surface area contributed by atoms with E-state index in [1.54, 1.807) is 0 Å². The maximum absolute atomic E-state index is 9.92. The molecule has 0 amide bonds. The maximum Gasteiger partial charge on any atom is 0.0702 e. The Bertz CT molecular complexity index is 210. The largest absolute Gasteiger partial charge is 0.391 e. The summed E-state index contributed by atoms with van der Waals surface area (Å²) in [4.78, 5) is 2.46. The second-order valence-electron chi connectivity index (χ2n) is 5.20. The lowest BCUT2D eigenvalue weighted by molar-refractivity contribution is -0.0289. The molecule has 0 aromatic heterocycles. The highest BCUT2D eigenvalue weighted by Gasteiger charge is 2.33. The Labute approximate surface area is 98.8 Å². The molecule has 3 heteroatoms. The molecule has 2 rings (SSSR count). The van der Waals surface area contributed by atoms with E-state index in [0.29, 0.717) is 12.1 Å². The van der Waals surface area contributed by atoms with Crippen molar-refractivity contribution in [1.82, 2.24) is 4.90 Å². The normalized spacial score (nSPS) is 36.8. The predicted molar refractivity (Wildman–Crippen MR) is 64.5 cm³/mol. The zero-order valence-electron chi connectivity index (χ0n) is 10.4. The molecule has 16 heavy (non-hydrogen) atoms. The molecule has 0 radical (unpaired) electrons. The van der Waals surface area contributed by atoms with E-state index in [1.165, 1.54) is 25.7 Å². The van der Waals surface area contributed by atoms with E-state index in [-0.39, 0.29) is 6.10 Å². The molecule has 2 fully saturated rings. The van der Waals surface area contributed by atoms with Crippen molar-refractivity contribution in [3.8, 4) is 0 Å². The van der Waals surface area contributed by atoms with Crippen molar-refractivity contribution < 1.29 is 9.84 Å². The molecule has 0 aromatic rings. The van der Waals surface area contributed by atoms with Crippen LogP contribution in [0.3, 0.4) is 0 Å². The number of hydrogen-bond donors (Lipinski definition) is 1. The Hall–Kier alpha value is -0.120. The zero-order valence-corrected chi connectivity index (χ0v) is 10.4. The summed E-state index contributed by atoms with van der Waals surface area (Å²) in [6, 6.07) is 0.410. The molecular formula is C13H25NO2. The monoisotopic (exact) mass is 227 g/mol. The minimum absolute atomic E-state index is 0.0927. The van der Waals surface area contributed by atoms with Crippen LogP contribution in [0.4, 0.5) is 0 Å². The molecule has 3 nitrogen and oxygen atoms in total. The van der Waals surface area contributed by atoms with Crippen molar-refractivity contribution >= 4 is 0 Å². The number of nitrogens with zero attached hydrogens (tertiary/aromatic N) is 1. The van der Waals surface area contributed by atoms with E-state index in [4.69, 9.17) is 4.74 Å². The van der Waals surface area contributed by atoms with Crippen LogP contribution in [-0.4, -0.2) is 48.0 Å². The van der Waals surface area contributed by atoms with E-state index in [0.717, 1.165) is 32.5 Å². The highest BCUT2D eigenvalue weighted by molar-refractivity contribution is 4.88. The summed E-state index contributed by atoms with van der Waals surface area (Å²) in [6.07, 6.45) is 7.16. The third-order valence-corrected chi connectivity index (χ3v) is 3.88. The molecule has 1 saturated carbocycles. The smallest absolute Gasteiger partial charge is 0.0702 e. The van der Waals surface area contributed by atoms with Crippen molar-refractivity contribution in [2.75, 3.05) is 19.7 Å². The quantitative estimate of drug-likeness (QED) is 0.795. The Morgan fingerprint density at radius 3 is 2.81 bits per heavy atom. The van der Waals surface area contributed by atoms with Crippen LogP contribution in [0.15, 0.2) is 0 Å². The lowest BCUT2D eigenvalue weighted by Crippen LogP contribution is -2.48. The van der Waals surface area contributed by atoms with Crippen LogP contribution in [0.1, 0.15) is 45.4 Å². The summed E-state index contributed by atoms with van der Waals surface area (Å²) >= 11 is 0. The van der Waals surface area contributed by atoms with Gasteiger partial charge >= 0.3 is 0 Å². The van der Waals surface area contributed by atoms with Crippen LogP contribution in [0.2, 0.25) is 0 Å². The molecule has 1 heterocycles. The highest BCUT2D eigenvalue weighted by Crippen LogP contribution is 2.27. The van der Waals surface area contributed by atoms with E-state index in [2.05, 4.69) is 11.8 Å². The number of likely N-dealkylation sites (tertiary alicyclic amines) is 1. The Morgan fingerprint density at radius 2 is 2.12 bits per heavy atom. The van der Waals surface area contributed by atoms with E-state index < -0.39 is 0 Å². The van der Waals surface area contributed by atoms with Crippen molar-refractivity contribution in [2.24, 2.45) is 0 Å². The van der Waals surface area contributed by atoms with Gasteiger partial charge in [-0.05, 0) is 45.1 Å². The molecule has 0 aromatic carbocycles. The summed E-state index contributed by atoms with van der Waals surface area (Å²) in [5.41, 5.74) is 0. The average molecular weight is 227 g/mol. The first-order valence-electron chi connectivity index (χ1n) is 6.85. The van der Waals surface area contributed by atoms with E-state index in [1.807, 2.05) is 0 Å². The average Bonchev–Trinajstić information content (AvgIpc) is 2.73. The molecule has 0 spiro atoms. The SMILES string of the molecule is CCCOC1CCCN([C@@H]2CCC[C@H]2O)C1. The molecule has 3 atom stereocenters. The third-order valence-electron chi connectivity index (χ3n) is 3.88. The summed E-state index contributed by atoms with van der Waals surface area (Å²) in [5, 5.41) is 9.92. The first-order valence-corrected chi connectivity index (χ1v) is 6.85. The lowest BCUT2D eigenvalue weighted by atomic mass is 10.0. The van der Waals surface area contributed by atoms with Gasteiger partial charge in [-0.15, -0.1) is 0 Å². The van der Waals surface area contributed by atoms with Crippen LogP contribution < -0.4 is 0 Å². The summed E-state index contributed by atoms with van der Waals surface area (Å²) < 4.78 is 5.83. The molecule has 94 valence electrons. The van der Waals surface area contributed by atoms with Gasteiger partial charge in [0.1, 0.15) is 0 Å². The van der Waals surface area contributed by atoms with Gasteiger partial charge in [-0.25, -0.2) is 0 Å². The zero-order chi connectivity index (χ0) is 11.4. The van der Waals surface area contributed by atoms with Gasteiger partial charge in [0.25, 0.3) is 0 Å². The molecule has 0 bridgehead atoms. The van der Waals surface area contributed by atoms with Crippen LogP contribution >= 0.6 is 0 Å². The van der Waals surface area contributed by atoms with Crippen LogP contribution in [0.25, 0.3) is 0 Å². The van der Waals surface area contributed by atoms with E-state index >= 15 is 0 Å². The number of aliphatic hydroxyl groups excluding tert-OH is 1. The fraction of sp³-hybridized carbons (Fsp3) is 1.00. The van der Waals surface area contributed by atoms with Gasteiger partial charge in [-0.1, -0.05) is 6.92 Å². The number of rotatable bonds is 4. The Kier molecular flexibility index (Phi) is 4.62. The fourth-order valence-electron chi connectivity index (χ4n) is 3.03.